The lowest BCUT2D eigenvalue weighted by Crippen LogP contribution is -2.42. The lowest BCUT2D eigenvalue weighted by Gasteiger charge is -2.30. The molecule has 0 aliphatic heterocycles. The van der Waals surface area contributed by atoms with Gasteiger partial charge in [-0.25, -0.2) is 4.39 Å². The molecule has 1 unspecified atom stereocenters. The number of hydrogen-bond donors (Lipinski definition) is 2. The molecule has 2 rings (SSSR count). The van der Waals surface area contributed by atoms with Gasteiger partial charge in [0.2, 0.25) is 0 Å². The van der Waals surface area contributed by atoms with Crippen LogP contribution in [-0.4, -0.2) is 11.7 Å². The first kappa shape index (κ1) is 15.0. The average Bonchev–Trinajstić information content (AvgIpc) is 2.48. The van der Waals surface area contributed by atoms with Crippen molar-refractivity contribution in [2.75, 3.05) is 6.61 Å². The van der Waals surface area contributed by atoms with Gasteiger partial charge in [0, 0.05) is 6.54 Å². The van der Waals surface area contributed by atoms with Gasteiger partial charge in [0.1, 0.15) is 5.82 Å². The fraction of sp³-hybridized carbons (Fsp3) is 0.250. The maximum Gasteiger partial charge on any atom is 0.141 e. The van der Waals surface area contributed by atoms with E-state index >= 15 is 0 Å². The molecule has 0 fully saturated rings. The predicted octanol–water partition coefficient (Wildman–Crippen LogP) is 3.48. The molecule has 0 aliphatic rings. The third kappa shape index (κ3) is 3.37. The van der Waals surface area contributed by atoms with E-state index in [0.717, 1.165) is 11.1 Å². The quantitative estimate of drug-likeness (QED) is 0.885. The summed E-state index contributed by atoms with van der Waals surface area (Å²) < 4.78 is 13.2. The van der Waals surface area contributed by atoms with Crippen molar-refractivity contribution in [3.8, 4) is 0 Å². The van der Waals surface area contributed by atoms with Gasteiger partial charge in [-0.1, -0.05) is 48.0 Å². The first-order valence-electron chi connectivity index (χ1n) is 6.40. The molecule has 0 bridgehead atoms. The average molecular weight is 294 g/mol. The number of halogens is 2. The van der Waals surface area contributed by atoms with Crippen LogP contribution in [0.5, 0.6) is 0 Å². The van der Waals surface area contributed by atoms with E-state index in [-0.39, 0.29) is 11.6 Å². The minimum absolute atomic E-state index is 0.0590. The first-order valence-corrected chi connectivity index (χ1v) is 6.78. The van der Waals surface area contributed by atoms with Crippen LogP contribution in [0.25, 0.3) is 0 Å². The molecule has 4 heteroatoms. The topological polar surface area (TPSA) is 32.3 Å². The van der Waals surface area contributed by atoms with Gasteiger partial charge in [-0.05, 0) is 30.2 Å². The van der Waals surface area contributed by atoms with E-state index in [2.05, 4.69) is 5.32 Å². The lowest BCUT2D eigenvalue weighted by atomic mass is 9.92. The van der Waals surface area contributed by atoms with Crippen LogP contribution in [-0.2, 0) is 12.1 Å². The molecule has 2 nitrogen and oxygen atoms in total. The van der Waals surface area contributed by atoms with Gasteiger partial charge in [-0.2, -0.15) is 0 Å². The summed E-state index contributed by atoms with van der Waals surface area (Å²) in [7, 11) is 0. The third-order valence-electron chi connectivity index (χ3n) is 3.40. The molecular weight excluding hydrogens is 277 g/mol. The summed E-state index contributed by atoms with van der Waals surface area (Å²) >= 11 is 5.81. The fourth-order valence-corrected chi connectivity index (χ4v) is 2.16. The normalized spacial score (nSPS) is 14.0. The molecule has 2 aromatic rings. The van der Waals surface area contributed by atoms with Gasteiger partial charge in [-0.3, -0.25) is 0 Å². The standard InChI is InChI=1S/C16H17ClFNO/c1-16(11-20,13-7-8-15(18)14(17)9-13)19-10-12-5-3-2-4-6-12/h2-9,19-20H,10-11H2,1H3. The van der Waals surface area contributed by atoms with E-state index in [9.17, 15) is 9.50 Å². The van der Waals surface area contributed by atoms with E-state index in [1.165, 1.54) is 6.07 Å². The van der Waals surface area contributed by atoms with Crippen LogP contribution in [0.1, 0.15) is 18.1 Å². The molecule has 1 atom stereocenters. The van der Waals surface area contributed by atoms with Crippen LogP contribution in [0, 0.1) is 5.82 Å². The minimum atomic E-state index is -0.673. The molecular formula is C16H17ClFNO. The van der Waals surface area contributed by atoms with Crippen LogP contribution < -0.4 is 5.32 Å². The zero-order valence-corrected chi connectivity index (χ0v) is 12.0. The molecule has 0 amide bonds. The third-order valence-corrected chi connectivity index (χ3v) is 3.69. The Morgan fingerprint density at radius 2 is 1.90 bits per heavy atom. The van der Waals surface area contributed by atoms with E-state index in [1.54, 1.807) is 12.1 Å². The van der Waals surface area contributed by atoms with Gasteiger partial charge >= 0.3 is 0 Å². The zero-order valence-electron chi connectivity index (χ0n) is 11.2. The van der Waals surface area contributed by atoms with Crippen LogP contribution in [0.3, 0.4) is 0 Å². The molecule has 0 aliphatic carbocycles. The van der Waals surface area contributed by atoms with Crippen LogP contribution in [0.4, 0.5) is 4.39 Å². The molecule has 0 saturated carbocycles. The molecule has 2 aromatic carbocycles. The van der Waals surface area contributed by atoms with E-state index in [4.69, 9.17) is 11.6 Å². The van der Waals surface area contributed by atoms with Crippen molar-refractivity contribution in [3.05, 3.63) is 70.5 Å². The highest BCUT2D eigenvalue weighted by Gasteiger charge is 2.25. The van der Waals surface area contributed by atoms with Crippen LogP contribution >= 0.6 is 11.6 Å². The van der Waals surface area contributed by atoms with Crippen molar-refractivity contribution < 1.29 is 9.50 Å². The molecule has 2 N–H and O–H groups in total. The molecule has 0 heterocycles. The second-order valence-corrected chi connectivity index (χ2v) is 5.37. The lowest BCUT2D eigenvalue weighted by molar-refractivity contribution is 0.173. The van der Waals surface area contributed by atoms with Crippen molar-refractivity contribution in [3.63, 3.8) is 0 Å². The molecule has 20 heavy (non-hydrogen) atoms. The maximum atomic E-state index is 13.2. The largest absolute Gasteiger partial charge is 0.394 e. The van der Waals surface area contributed by atoms with Gasteiger partial charge in [0.05, 0.1) is 17.2 Å². The summed E-state index contributed by atoms with van der Waals surface area (Å²) in [5, 5.41) is 13.0. The fourth-order valence-electron chi connectivity index (χ4n) is 1.98. The van der Waals surface area contributed by atoms with Gasteiger partial charge in [0.25, 0.3) is 0 Å². The van der Waals surface area contributed by atoms with Crippen LogP contribution in [0.15, 0.2) is 48.5 Å². The number of aliphatic hydroxyl groups is 1. The van der Waals surface area contributed by atoms with E-state index < -0.39 is 11.4 Å². The van der Waals surface area contributed by atoms with Crippen molar-refractivity contribution in [2.24, 2.45) is 0 Å². The summed E-state index contributed by atoms with van der Waals surface area (Å²) in [4.78, 5) is 0. The number of benzene rings is 2. The van der Waals surface area contributed by atoms with Crippen molar-refractivity contribution in [2.45, 2.75) is 19.0 Å². The van der Waals surface area contributed by atoms with Gasteiger partial charge in [0.15, 0.2) is 0 Å². The predicted molar refractivity (Wildman–Crippen MR) is 79.1 cm³/mol. The Labute approximate surface area is 123 Å². The Kier molecular flexibility index (Phi) is 4.76. The summed E-state index contributed by atoms with van der Waals surface area (Å²) in [6.07, 6.45) is 0. The monoisotopic (exact) mass is 293 g/mol. The Morgan fingerprint density at radius 3 is 2.50 bits per heavy atom. The van der Waals surface area contributed by atoms with E-state index in [1.807, 2.05) is 37.3 Å². The number of aliphatic hydroxyl groups excluding tert-OH is 1. The van der Waals surface area contributed by atoms with Crippen molar-refractivity contribution in [1.29, 1.82) is 0 Å². The summed E-state index contributed by atoms with van der Waals surface area (Å²) in [5.74, 6) is -0.459. The van der Waals surface area contributed by atoms with E-state index in [0.29, 0.717) is 6.54 Å². The highest BCUT2D eigenvalue weighted by molar-refractivity contribution is 6.30. The molecule has 0 aromatic heterocycles. The van der Waals surface area contributed by atoms with Gasteiger partial charge < -0.3 is 10.4 Å². The maximum absolute atomic E-state index is 13.2. The Bertz CT molecular complexity index is 576. The second kappa shape index (κ2) is 6.35. The highest BCUT2D eigenvalue weighted by atomic mass is 35.5. The molecule has 0 radical (unpaired) electrons. The Balaban J connectivity index is 2.18. The summed E-state index contributed by atoms with van der Waals surface area (Å²) in [6.45, 7) is 2.36. The van der Waals surface area contributed by atoms with Crippen molar-refractivity contribution >= 4 is 11.6 Å². The first-order chi connectivity index (χ1) is 9.55. The van der Waals surface area contributed by atoms with Gasteiger partial charge in [-0.15, -0.1) is 0 Å². The molecule has 0 spiro atoms. The number of nitrogens with one attached hydrogen (secondary N) is 1. The zero-order chi connectivity index (χ0) is 14.6. The van der Waals surface area contributed by atoms with Crippen molar-refractivity contribution in [1.82, 2.24) is 5.32 Å². The smallest absolute Gasteiger partial charge is 0.141 e. The summed E-state index contributed by atoms with van der Waals surface area (Å²) in [5.41, 5.74) is 1.19. The summed E-state index contributed by atoms with van der Waals surface area (Å²) in [6, 6.07) is 14.4. The highest BCUT2D eigenvalue weighted by Crippen LogP contribution is 2.25. The Hall–Kier alpha value is -1.42. The van der Waals surface area contributed by atoms with Crippen LogP contribution in [0.2, 0.25) is 5.02 Å². The SMILES string of the molecule is CC(CO)(NCc1ccccc1)c1ccc(F)c(Cl)c1. The second-order valence-electron chi connectivity index (χ2n) is 4.96. The number of hydrogen-bond acceptors (Lipinski definition) is 2. The molecule has 106 valence electrons. The minimum Gasteiger partial charge on any atom is -0.394 e. The Morgan fingerprint density at radius 1 is 1.20 bits per heavy atom. The molecule has 0 saturated heterocycles. The number of rotatable bonds is 5.